The largest absolute Gasteiger partial charge is 0.379 e. The number of nitrogens with zero attached hydrogens (tertiary/aromatic N) is 5. The summed E-state index contributed by atoms with van der Waals surface area (Å²) in [4.78, 5) is 23.4. The highest BCUT2D eigenvalue weighted by Crippen LogP contribution is 2.20. The summed E-state index contributed by atoms with van der Waals surface area (Å²) in [6, 6.07) is 3.39. The molecular formula is C20H31N5O5S. The van der Waals surface area contributed by atoms with Crippen LogP contribution in [0.3, 0.4) is 0 Å². The molecule has 0 N–H and O–H groups in total. The lowest BCUT2D eigenvalue weighted by molar-refractivity contribution is -0.139. The first-order valence-electron chi connectivity index (χ1n) is 10.8. The summed E-state index contributed by atoms with van der Waals surface area (Å²) >= 11 is 0. The molecule has 0 saturated carbocycles. The van der Waals surface area contributed by atoms with Crippen LogP contribution in [0.4, 0.5) is 5.82 Å². The number of ether oxygens (including phenoxy) is 2. The molecule has 172 valence electrons. The van der Waals surface area contributed by atoms with Gasteiger partial charge >= 0.3 is 0 Å². The van der Waals surface area contributed by atoms with Gasteiger partial charge in [0.25, 0.3) is 0 Å². The van der Waals surface area contributed by atoms with Gasteiger partial charge in [-0.2, -0.15) is 4.31 Å². The van der Waals surface area contributed by atoms with Crippen LogP contribution < -0.4 is 4.90 Å². The molecular weight excluding hydrogens is 422 g/mol. The first kappa shape index (κ1) is 22.4. The zero-order valence-corrected chi connectivity index (χ0v) is 18.8. The van der Waals surface area contributed by atoms with Gasteiger partial charge in [0.15, 0.2) is 0 Å². The van der Waals surface area contributed by atoms with E-state index < -0.39 is 10.0 Å². The molecule has 0 spiro atoms. The third-order valence-corrected chi connectivity index (χ3v) is 7.86. The van der Waals surface area contributed by atoms with E-state index in [-0.39, 0.29) is 16.9 Å². The molecule has 4 rings (SSSR count). The standard InChI is InChI=1S/C20H31N5O5S/c1-17-15-24(8-13-30-17)20(26)16-22-4-6-23(7-5-22)19-3-2-18(14-21-19)31(27,28)25-9-11-29-12-10-25/h2-3,14,17H,4-13,15-16H2,1H3. The van der Waals surface area contributed by atoms with Gasteiger partial charge in [0, 0.05) is 58.6 Å². The number of hydrogen-bond donors (Lipinski definition) is 0. The summed E-state index contributed by atoms with van der Waals surface area (Å²) in [5.41, 5.74) is 0. The third-order valence-electron chi connectivity index (χ3n) is 5.98. The summed E-state index contributed by atoms with van der Waals surface area (Å²) in [6.07, 6.45) is 1.53. The van der Waals surface area contributed by atoms with Crippen molar-refractivity contribution in [1.82, 2.24) is 19.1 Å². The topological polar surface area (TPSA) is 95.5 Å². The summed E-state index contributed by atoms with van der Waals surface area (Å²) in [6.45, 7) is 8.92. The number of hydrogen-bond acceptors (Lipinski definition) is 8. The van der Waals surface area contributed by atoms with Gasteiger partial charge in [-0.05, 0) is 19.1 Å². The molecule has 11 heteroatoms. The van der Waals surface area contributed by atoms with Crippen molar-refractivity contribution >= 4 is 21.7 Å². The van der Waals surface area contributed by atoms with Gasteiger partial charge in [0.2, 0.25) is 15.9 Å². The Kier molecular flexibility index (Phi) is 7.07. The Morgan fingerprint density at radius 3 is 2.45 bits per heavy atom. The summed E-state index contributed by atoms with van der Waals surface area (Å²) in [7, 11) is -3.53. The van der Waals surface area contributed by atoms with Gasteiger partial charge in [0.1, 0.15) is 10.7 Å². The number of aromatic nitrogens is 1. The Morgan fingerprint density at radius 1 is 1.06 bits per heavy atom. The van der Waals surface area contributed by atoms with Gasteiger partial charge in [-0.25, -0.2) is 13.4 Å². The molecule has 1 unspecified atom stereocenters. The molecule has 3 aliphatic heterocycles. The Balaban J connectivity index is 1.29. The highest BCUT2D eigenvalue weighted by molar-refractivity contribution is 7.89. The molecule has 1 aromatic heterocycles. The average molecular weight is 454 g/mol. The second-order valence-electron chi connectivity index (χ2n) is 8.15. The molecule has 1 atom stereocenters. The van der Waals surface area contributed by atoms with Crippen LogP contribution >= 0.6 is 0 Å². The number of carbonyl (C=O) groups excluding carboxylic acids is 1. The molecule has 1 aromatic rings. The fourth-order valence-electron chi connectivity index (χ4n) is 4.12. The van der Waals surface area contributed by atoms with E-state index in [9.17, 15) is 13.2 Å². The molecule has 0 aliphatic carbocycles. The Labute approximate surface area is 183 Å². The van der Waals surface area contributed by atoms with E-state index in [0.717, 1.165) is 32.0 Å². The van der Waals surface area contributed by atoms with E-state index in [1.54, 1.807) is 12.1 Å². The number of pyridine rings is 1. The van der Waals surface area contributed by atoms with Crippen molar-refractivity contribution in [2.45, 2.75) is 17.9 Å². The van der Waals surface area contributed by atoms with E-state index in [4.69, 9.17) is 9.47 Å². The fraction of sp³-hybridized carbons (Fsp3) is 0.700. The van der Waals surface area contributed by atoms with Crippen LogP contribution in [0, 0.1) is 0 Å². The van der Waals surface area contributed by atoms with Crippen molar-refractivity contribution in [3.05, 3.63) is 18.3 Å². The third kappa shape index (κ3) is 5.35. The molecule has 0 bridgehead atoms. The molecule has 3 fully saturated rings. The van der Waals surface area contributed by atoms with E-state index in [1.807, 2.05) is 11.8 Å². The average Bonchev–Trinajstić information content (AvgIpc) is 2.80. The van der Waals surface area contributed by atoms with Crippen molar-refractivity contribution in [2.75, 3.05) is 83.6 Å². The van der Waals surface area contributed by atoms with Crippen LogP contribution in [-0.4, -0.2) is 118 Å². The Bertz CT molecular complexity index is 851. The smallest absolute Gasteiger partial charge is 0.244 e. The van der Waals surface area contributed by atoms with E-state index >= 15 is 0 Å². The van der Waals surface area contributed by atoms with Crippen molar-refractivity contribution in [2.24, 2.45) is 0 Å². The Morgan fingerprint density at radius 2 is 1.81 bits per heavy atom. The number of sulfonamides is 1. The summed E-state index contributed by atoms with van der Waals surface area (Å²) in [5.74, 6) is 0.910. The quantitative estimate of drug-likeness (QED) is 0.587. The van der Waals surface area contributed by atoms with Crippen molar-refractivity contribution in [1.29, 1.82) is 0 Å². The number of rotatable bonds is 5. The molecule has 0 aromatic carbocycles. The molecule has 1 amide bonds. The van der Waals surface area contributed by atoms with Crippen LogP contribution in [0.5, 0.6) is 0 Å². The van der Waals surface area contributed by atoms with Crippen LogP contribution in [-0.2, 0) is 24.3 Å². The van der Waals surface area contributed by atoms with Crippen LogP contribution in [0.25, 0.3) is 0 Å². The first-order valence-corrected chi connectivity index (χ1v) is 12.3. The second kappa shape index (κ2) is 9.78. The summed E-state index contributed by atoms with van der Waals surface area (Å²) < 4.78 is 37.7. The maximum atomic E-state index is 12.7. The second-order valence-corrected chi connectivity index (χ2v) is 10.1. The number of anilines is 1. The van der Waals surface area contributed by atoms with Crippen molar-refractivity contribution < 1.29 is 22.7 Å². The highest BCUT2D eigenvalue weighted by Gasteiger charge is 2.28. The predicted octanol–water partition coefficient (Wildman–Crippen LogP) is -0.528. The lowest BCUT2D eigenvalue weighted by Crippen LogP contribution is -2.52. The number of morpholine rings is 2. The SMILES string of the molecule is CC1CN(C(=O)CN2CCN(c3ccc(S(=O)(=O)N4CCOCC4)cn3)CC2)CCO1. The minimum Gasteiger partial charge on any atom is -0.379 e. The number of piperazine rings is 1. The van der Waals surface area contributed by atoms with E-state index in [0.29, 0.717) is 52.5 Å². The minimum absolute atomic E-state index is 0.0932. The maximum Gasteiger partial charge on any atom is 0.244 e. The molecule has 3 aliphatic rings. The maximum absolute atomic E-state index is 12.7. The number of carbonyl (C=O) groups is 1. The van der Waals surface area contributed by atoms with Gasteiger partial charge in [-0.3, -0.25) is 9.69 Å². The zero-order chi connectivity index (χ0) is 21.8. The van der Waals surface area contributed by atoms with Gasteiger partial charge in [-0.15, -0.1) is 0 Å². The highest BCUT2D eigenvalue weighted by atomic mass is 32.2. The van der Waals surface area contributed by atoms with E-state index in [1.165, 1.54) is 10.5 Å². The van der Waals surface area contributed by atoms with Crippen LogP contribution in [0.1, 0.15) is 6.92 Å². The van der Waals surface area contributed by atoms with Gasteiger partial charge < -0.3 is 19.3 Å². The van der Waals surface area contributed by atoms with Crippen LogP contribution in [0.15, 0.2) is 23.2 Å². The lowest BCUT2D eigenvalue weighted by atomic mass is 10.2. The van der Waals surface area contributed by atoms with Crippen molar-refractivity contribution in [3.63, 3.8) is 0 Å². The molecule has 4 heterocycles. The minimum atomic E-state index is -3.53. The number of amides is 1. The first-order chi connectivity index (χ1) is 14.9. The lowest BCUT2D eigenvalue weighted by Gasteiger charge is -2.37. The van der Waals surface area contributed by atoms with Gasteiger partial charge in [-0.1, -0.05) is 0 Å². The zero-order valence-electron chi connectivity index (χ0n) is 18.0. The molecule has 0 radical (unpaired) electrons. The molecule has 10 nitrogen and oxygen atoms in total. The van der Waals surface area contributed by atoms with E-state index in [2.05, 4.69) is 14.8 Å². The fourth-order valence-corrected chi connectivity index (χ4v) is 5.47. The summed E-state index contributed by atoms with van der Waals surface area (Å²) in [5, 5.41) is 0. The van der Waals surface area contributed by atoms with Crippen molar-refractivity contribution in [3.8, 4) is 0 Å². The monoisotopic (exact) mass is 453 g/mol. The molecule has 3 saturated heterocycles. The van der Waals surface area contributed by atoms with Crippen LogP contribution in [0.2, 0.25) is 0 Å². The molecule has 31 heavy (non-hydrogen) atoms. The normalized spacial score (nSPS) is 24.4. The Hall–Kier alpha value is -1.79. The van der Waals surface area contributed by atoms with Gasteiger partial charge in [0.05, 0.1) is 32.5 Å². The predicted molar refractivity (Wildman–Crippen MR) is 114 cm³/mol.